The largest absolute Gasteiger partial charge is 0.312 e. The molecule has 1 saturated heterocycles. The van der Waals surface area contributed by atoms with Crippen molar-refractivity contribution in [3.05, 3.63) is 10.6 Å². The van der Waals surface area contributed by atoms with E-state index in [1.807, 2.05) is 11.8 Å². The van der Waals surface area contributed by atoms with Crippen molar-refractivity contribution < 1.29 is 4.79 Å². The van der Waals surface area contributed by atoms with Crippen molar-refractivity contribution in [2.24, 2.45) is 0 Å². The molecule has 0 saturated carbocycles. The monoisotopic (exact) mass is 297 g/mol. The predicted octanol–water partition coefficient (Wildman–Crippen LogP) is 2.06. The van der Waals surface area contributed by atoms with E-state index in [0.717, 1.165) is 36.0 Å². The average molecular weight is 297 g/mol. The number of anilines is 1. The van der Waals surface area contributed by atoms with Crippen molar-refractivity contribution in [3.63, 3.8) is 0 Å². The molecule has 0 spiro atoms. The number of hydrogen-bond acceptors (Lipinski definition) is 5. The molecule has 19 heavy (non-hydrogen) atoms. The number of nitrogens with one attached hydrogen (secondary N) is 2. The maximum atomic E-state index is 12.0. The van der Waals surface area contributed by atoms with E-state index in [9.17, 15) is 4.79 Å². The maximum Gasteiger partial charge on any atom is 0.227 e. The summed E-state index contributed by atoms with van der Waals surface area (Å²) in [5, 5.41) is 7.14. The van der Waals surface area contributed by atoms with Crippen LogP contribution in [-0.4, -0.2) is 35.0 Å². The third-order valence-corrected chi connectivity index (χ3v) is 5.73. The van der Waals surface area contributed by atoms with Crippen LogP contribution in [0.25, 0.3) is 0 Å². The summed E-state index contributed by atoms with van der Waals surface area (Å²) in [5.41, 5.74) is 1.21. The van der Waals surface area contributed by atoms with Crippen LogP contribution in [0.5, 0.6) is 0 Å². The molecule has 1 atom stereocenters. The predicted molar refractivity (Wildman–Crippen MR) is 81.1 cm³/mol. The van der Waals surface area contributed by atoms with Gasteiger partial charge in [0.25, 0.3) is 0 Å². The number of amides is 1. The van der Waals surface area contributed by atoms with Gasteiger partial charge in [-0.2, -0.15) is 11.8 Å². The summed E-state index contributed by atoms with van der Waals surface area (Å²) < 4.78 is 0. The van der Waals surface area contributed by atoms with Gasteiger partial charge in [0.1, 0.15) is 0 Å². The van der Waals surface area contributed by atoms with Crippen LogP contribution in [0, 0.1) is 0 Å². The van der Waals surface area contributed by atoms with Gasteiger partial charge in [-0.05, 0) is 25.7 Å². The molecule has 2 aliphatic rings. The summed E-state index contributed by atoms with van der Waals surface area (Å²) in [6, 6.07) is 0.313. The number of carbonyl (C=O) groups is 1. The molecule has 0 radical (unpaired) electrons. The highest BCUT2D eigenvalue weighted by Crippen LogP contribution is 2.29. The van der Waals surface area contributed by atoms with Gasteiger partial charge in [0.05, 0.1) is 5.69 Å². The van der Waals surface area contributed by atoms with E-state index < -0.39 is 0 Å². The molecule has 1 aliphatic heterocycles. The number of hydrogen-bond donors (Lipinski definition) is 2. The van der Waals surface area contributed by atoms with Crippen LogP contribution in [0.1, 0.15) is 29.8 Å². The summed E-state index contributed by atoms with van der Waals surface area (Å²) >= 11 is 3.57. The van der Waals surface area contributed by atoms with E-state index in [-0.39, 0.29) is 5.91 Å². The Bertz CT molecular complexity index is 431. The summed E-state index contributed by atoms with van der Waals surface area (Å²) in [7, 11) is 0. The van der Waals surface area contributed by atoms with Crippen LogP contribution in [-0.2, 0) is 17.6 Å². The lowest BCUT2D eigenvalue weighted by molar-refractivity contribution is -0.116. The van der Waals surface area contributed by atoms with Crippen molar-refractivity contribution in [2.45, 2.75) is 38.1 Å². The fourth-order valence-corrected chi connectivity index (χ4v) is 4.57. The van der Waals surface area contributed by atoms with Crippen molar-refractivity contribution in [2.75, 3.05) is 23.4 Å². The first-order valence-corrected chi connectivity index (χ1v) is 8.88. The zero-order chi connectivity index (χ0) is 13.1. The molecule has 1 fully saturated rings. The van der Waals surface area contributed by atoms with E-state index in [4.69, 9.17) is 0 Å². The van der Waals surface area contributed by atoms with E-state index in [1.165, 1.54) is 23.4 Å². The Morgan fingerprint density at radius 3 is 3.11 bits per heavy atom. The molecular weight excluding hydrogens is 278 g/mol. The summed E-state index contributed by atoms with van der Waals surface area (Å²) in [6.07, 6.45) is 5.24. The third kappa shape index (κ3) is 3.49. The fraction of sp³-hybridized carbons (Fsp3) is 0.692. The second kappa shape index (κ2) is 6.24. The molecule has 3 rings (SSSR count). The van der Waals surface area contributed by atoms with E-state index in [0.29, 0.717) is 12.5 Å². The van der Waals surface area contributed by atoms with E-state index in [2.05, 4.69) is 15.6 Å². The molecule has 2 heterocycles. The van der Waals surface area contributed by atoms with Gasteiger partial charge >= 0.3 is 0 Å². The second-order valence-corrected chi connectivity index (χ2v) is 7.31. The van der Waals surface area contributed by atoms with Crippen molar-refractivity contribution in [3.8, 4) is 0 Å². The lowest BCUT2D eigenvalue weighted by Gasteiger charge is -2.22. The van der Waals surface area contributed by atoms with Gasteiger partial charge < -0.3 is 10.6 Å². The zero-order valence-electron chi connectivity index (χ0n) is 10.9. The molecule has 1 unspecified atom stereocenters. The summed E-state index contributed by atoms with van der Waals surface area (Å²) in [4.78, 5) is 17.9. The number of nitrogens with zero attached hydrogens (tertiary/aromatic N) is 1. The minimum absolute atomic E-state index is 0.0890. The van der Waals surface area contributed by atoms with Crippen molar-refractivity contribution in [1.82, 2.24) is 10.3 Å². The Morgan fingerprint density at radius 2 is 2.32 bits per heavy atom. The number of thioether (sulfide) groups is 1. The van der Waals surface area contributed by atoms with Crippen LogP contribution in [0.2, 0.25) is 0 Å². The molecule has 4 nitrogen and oxygen atoms in total. The van der Waals surface area contributed by atoms with Gasteiger partial charge in [0, 0.05) is 35.4 Å². The van der Waals surface area contributed by atoms with Crippen LogP contribution >= 0.6 is 23.1 Å². The topological polar surface area (TPSA) is 54.0 Å². The molecule has 104 valence electrons. The fourth-order valence-electron chi connectivity index (χ4n) is 2.55. The zero-order valence-corrected chi connectivity index (χ0v) is 12.5. The van der Waals surface area contributed by atoms with Crippen LogP contribution < -0.4 is 10.6 Å². The van der Waals surface area contributed by atoms with Crippen LogP contribution in [0.3, 0.4) is 0 Å². The van der Waals surface area contributed by atoms with Crippen LogP contribution in [0.4, 0.5) is 5.13 Å². The van der Waals surface area contributed by atoms with E-state index in [1.54, 1.807) is 11.3 Å². The highest BCUT2D eigenvalue weighted by Gasteiger charge is 2.19. The molecule has 1 aromatic heterocycles. The van der Waals surface area contributed by atoms with Crippen molar-refractivity contribution >= 4 is 34.1 Å². The Kier molecular flexibility index (Phi) is 4.40. The van der Waals surface area contributed by atoms with Gasteiger partial charge in [-0.1, -0.05) is 0 Å². The smallest absolute Gasteiger partial charge is 0.227 e. The van der Waals surface area contributed by atoms with Crippen LogP contribution in [0.15, 0.2) is 0 Å². The molecule has 1 aromatic rings. The first-order chi connectivity index (χ1) is 9.31. The van der Waals surface area contributed by atoms with Gasteiger partial charge in [-0.3, -0.25) is 4.79 Å². The van der Waals surface area contributed by atoms with E-state index >= 15 is 0 Å². The van der Waals surface area contributed by atoms with Gasteiger partial charge in [0.15, 0.2) is 5.13 Å². The minimum Gasteiger partial charge on any atom is -0.312 e. The minimum atomic E-state index is 0.0890. The molecule has 1 amide bonds. The summed E-state index contributed by atoms with van der Waals surface area (Å²) in [6.45, 7) is 1.01. The molecule has 0 bridgehead atoms. The Balaban J connectivity index is 1.55. The highest BCUT2D eigenvalue weighted by atomic mass is 32.2. The maximum absolute atomic E-state index is 12.0. The average Bonchev–Trinajstić information content (AvgIpc) is 2.81. The number of thiazole rings is 1. The number of fused-ring (bicyclic) bond motifs is 1. The Morgan fingerprint density at radius 1 is 1.42 bits per heavy atom. The van der Waals surface area contributed by atoms with Gasteiger partial charge in [-0.15, -0.1) is 11.3 Å². The third-order valence-electron chi connectivity index (χ3n) is 3.52. The first-order valence-electron chi connectivity index (χ1n) is 6.91. The quantitative estimate of drug-likeness (QED) is 0.896. The van der Waals surface area contributed by atoms with Gasteiger partial charge in [-0.25, -0.2) is 4.98 Å². The van der Waals surface area contributed by atoms with Crippen molar-refractivity contribution in [1.29, 1.82) is 0 Å². The molecule has 0 aromatic carbocycles. The standard InChI is InChI=1S/C13H19N3OS2/c17-12(7-9-8-18-6-5-14-9)16-13-15-10-3-1-2-4-11(10)19-13/h9,14H,1-8H2,(H,15,16,17). The molecule has 2 N–H and O–H groups in total. The Hall–Kier alpha value is -0.590. The lowest BCUT2D eigenvalue weighted by atomic mass is 10.0. The Labute approximate surface area is 121 Å². The first kappa shape index (κ1) is 13.4. The normalized spacial score (nSPS) is 22.8. The molecule has 6 heteroatoms. The number of carbonyl (C=O) groups excluding carboxylic acids is 1. The number of aryl methyl sites for hydroxylation is 2. The number of aromatic nitrogens is 1. The molecule has 1 aliphatic carbocycles. The lowest BCUT2D eigenvalue weighted by Crippen LogP contribution is -2.39. The SMILES string of the molecule is O=C(CC1CSCCN1)Nc1nc2c(s1)CCCC2. The highest BCUT2D eigenvalue weighted by molar-refractivity contribution is 7.99. The second-order valence-electron chi connectivity index (χ2n) is 5.07. The van der Waals surface area contributed by atoms with Gasteiger partial charge in [0.2, 0.25) is 5.91 Å². The molecular formula is C13H19N3OS2. The summed E-state index contributed by atoms with van der Waals surface area (Å²) in [5.74, 6) is 2.27. The number of rotatable bonds is 3.